The summed E-state index contributed by atoms with van der Waals surface area (Å²) in [4.78, 5) is 16.6. The van der Waals surface area contributed by atoms with E-state index in [0.29, 0.717) is 48.1 Å². The quantitative estimate of drug-likeness (QED) is 0.697. The number of benzene rings is 2. The van der Waals surface area contributed by atoms with Gasteiger partial charge in [0.05, 0.1) is 0 Å². The number of aromatic amines is 1. The second-order valence-corrected chi connectivity index (χ2v) is 6.08. The van der Waals surface area contributed by atoms with Gasteiger partial charge in [0, 0.05) is 24.9 Å². The van der Waals surface area contributed by atoms with Crippen LogP contribution in [0.1, 0.15) is 27.6 Å². The van der Waals surface area contributed by atoms with Gasteiger partial charge in [-0.2, -0.15) is 5.10 Å². The van der Waals surface area contributed by atoms with E-state index in [0.717, 1.165) is 5.56 Å². The van der Waals surface area contributed by atoms with Gasteiger partial charge in [-0.25, -0.2) is 9.37 Å². The van der Waals surface area contributed by atoms with Crippen molar-refractivity contribution in [2.75, 3.05) is 13.3 Å². The van der Waals surface area contributed by atoms with Crippen molar-refractivity contribution in [2.45, 2.75) is 12.8 Å². The zero-order valence-corrected chi connectivity index (χ0v) is 14.4. The maximum atomic E-state index is 13.2. The van der Waals surface area contributed by atoms with Crippen LogP contribution >= 0.6 is 0 Å². The van der Waals surface area contributed by atoms with Gasteiger partial charge in [0.25, 0.3) is 5.91 Å². The number of hydrogen-bond donors (Lipinski definition) is 2. The van der Waals surface area contributed by atoms with E-state index in [9.17, 15) is 9.18 Å². The van der Waals surface area contributed by atoms with Gasteiger partial charge >= 0.3 is 0 Å². The van der Waals surface area contributed by atoms with Crippen LogP contribution in [0.4, 0.5) is 4.39 Å². The lowest BCUT2D eigenvalue weighted by Crippen LogP contribution is -2.25. The average Bonchev–Trinajstić information content (AvgIpc) is 3.30. The lowest BCUT2D eigenvalue weighted by atomic mass is 10.1. The Morgan fingerprint density at radius 3 is 2.96 bits per heavy atom. The van der Waals surface area contributed by atoms with Crippen molar-refractivity contribution in [3.8, 4) is 11.5 Å². The molecule has 0 radical (unpaired) electrons. The highest BCUT2D eigenvalue weighted by Crippen LogP contribution is 2.32. The first-order chi connectivity index (χ1) is 13.2. The average molecular weight is 368 g/mol. The molecule has 0 aliphatic carbocycles. The van der Waals surface area contributed by atoms with Crippen LogP contribution < -0.4 is 14.8 Å². The second kappa shape index (κ2) is 7.45. The summed E-state index contributed by atoms with van der Waals surface area (Å²) in [6, 6.07) is 11.4. The third-order valence-corrected chi connectivity index (χ3v) is 4.11. The van der Waals surface area contributed by atoms with Crippen LogP contribution in [0.2, 0.25) is 0 Å². The van der Waals surface area contributed by atoms with E-state index in [1.165, 1.54) is 12.1 Å². The van der Waals surface area contributed by atoms with Crippen LogP contribution in [0.25, 0.3) is 0 Å². The van der Waals surface area contributed by atoms with Crippen molar-refractivity contribution in [3.05, 3.63) is 71.1 Å². The topological polar surface area (TPSA) is 89.1 Å². The zero-order valence-electron chi connectivity index (χ0n) is 14.4. The molecule has 2 N–H and O–H groups in total. The van der Waals surface area contributed by atoms with Crippen LogP contribution in [0, 0.1) is 5.82 Å². The molecule has 27 heavy (non-hydrogen) atoms. The summed E-state index contributed by atoms with van der Waals surface area (Å²) in [5, 5.41) is 9.81. The molecule has 0 saturated heterocycles. The summed E-state index contributed by atoms with van der Waals surface area (Å²) >= 11 is 0. The summed E-state index contributed by atoms with van der Waals surface area (Å²) in [5.74, 6) is 1.96. The van der Waals surface area contributed by atoms with Gasteiger partial charge in [-0.15, -0.1) is 0 Å². The van der Waals surface area contributed by atoms with Crippen molar-refractivity contribution in [3.63, 3.8) is 0 Å². The Kier molecular flexibility index (Phi) is 4.69. The smallest absolute Gasteiger partial charge is 0.251 e. The van der Waals surface area contributed by atoms with Crippen LogP contribution in [-0.4, -0.2) is 34.4 Å². The summed E-state index contributed by atoms with van der Waals surface area (Å²) in [7, 11) is 0. The van der Waals surface area contributed by atoms with Gasteiger partial charge in [0.15, 0.2) is 17.3 Å². The van der Waals surface area contributed by atoms with Crippen LogP contribution in [0.3, 0.4) is 0 Å². The molecule has 7 nitrogen and oxygen atoms in total. The number of H-pyrrole nitrogens is 1. The van der Waals surface area contributed by atoms with Crippen LogP contribution in [-0.2, 0) is 12.8 Å². The number of hydrogen-bond acceptors (Lipinski definition) is 5. The molecule has 0 unspecified atom stereocenters. The van der Waals surface area contributed by atoms with E-state index in [1.807, 2.05) is 6.07 Å². The van der Waals surface area contributed by atoms with E-state index in [1.54, 1.807) is 24.3 Å². The third-order valence-electron chi connectivity index (χ3n) is 4.11. The van der Waals surface area contributed by atoms with E-state index < -0.39 is 0 Å². The van der Waals surface area contributed by atoms with E-state index >= 15 is 0 Å². The molecule has 0 fully saturated rings. The van der Waals surface area contributed by atoms with Crippen LogP contribution in [0.5, 0.6) is 11.5 Å². The highest BCUT2D eigenvalue weighted by atomic mass is 19.1. The number of carbonyl (C=O) groups excluding carboxylic acids is 1. The molecule has 3 aromatic rings. The molecule has 0 bridgehead atoms. The first-order valence-corrected chi connectivity index (χ1v) is 8.50. The summed E-state index contributed by atoms with van der Waals surface area (Å²) < 4.78 is 23.7. The molecule has 0 atom stereocenters. The van der Waals surface area contributed by atoms with Gasteiger partial charge < -0.3 is 14.8 Å². The number of carbonyl (C=O) groups is 1. The lowest BCUT2D eigenvalue weighted by Gasteiger charge is -2.04. The highest BCUT2D eigenvalue weighted by molar-refractivity contribution is 5.94. The molecular weight excluding hydrogens is 351 g/mol. The molecule has 0 spiro atoms. The van der Waals surface area contributed by atoms with Gasteiger partial charge in [-0.1, -0.05) is 12.1 Å². The third kappa shape index (κ3) is 4.05. The first kappa shape index (κ1) is 17.0. The predicted octanol–water partition coefficient (Wildman–Crippen LogP) is 2.24. The minimum absolute atomic E-state index is 0.170. The van der Waals surface area contributed by atoms with E-state index in [-0.39, 0.29) is 18.5 Å². The van der Waals surface area contributed by atoms with E-state index in [2.05, 4.69) is 20.5 Å². The minimum Gasteiger partial charge on any atom is -0.454 e. The van der Waals surface area contributed by atoms with E-state index in [4.69, 9.17) is 9.47 Å². The van der Waals surface area contributed by atoms with Gasteiger partial charge in [0.2, 0.25) is 6.79 Å². The number of fused-ring (bicyclic) bond motifs is 1. The Morgan fingerprint density at radius 2 is 2.07 bits per heavy atom. The fourth-order valence-electron chi connectivity index (χ4n) is 2.79. The largest absolute Gasteiger partial charge is 0.454 e. The van der Waals surface area contributed by atoms with Gasteiger partial charge in [-0.3, -0.25) is 9.89 Å². The maximum absolute atomic E-state index is 13.2. The predicted molar refractivity (Wildman–Crippen MR) is 94.2 cm³/mol. The first-order valence-electron chi connectivity index (χ1n) is 8.50. The number of rotatable bonds is 6. The zero-order chi connectivity index (χ0) is 18.6. The number of nitrogens with zero attached hydrogens (tertiary/aromatic N) is 2. The fourth-order valence-corrected chi connectivity index (χ4v) is 2.79. The molecule has 0 saturated carbocycles. The molecule has 2 heterocycles. The Bertz CT molecular complexity index is 973. The molecule has 1 aromatic heterocycles. The van der Waals surface area contributed by atoms with Crippen molar-refractivity contribution in [2.24, 2.45) is 0 Å². The number of aromatic nitrogens is 3. The number of halogens is 1. The Hall–Kier alpha value is -3.42. The molecule has 138 valence electrons. The van der Waals surface area contributed by atoms with Gasteiger partial charge in [-0.05, 0) is 35.9 Å². The monoisotopic (exact) mass is 368 g/mol. The lowest BCUT2D eigenvalue weighted by molar-refractivity contribution is 0.0953. The molecule has 1 aliphatic rings. The number of amides is 1. The number of ether oxygens (including phenoxy) is 2. The molecule has 4 rings (SSSR count). The number of nitrogens with one attached hydrogen (secondary N) is 2. The maximum Gasteiger partial charge on any atom is 0.251 e. The summed E-state index contributed by atoms with van der Waals surface area (Å²) in [5.41, 5.74) is 1.31. The molecular formula is C19H17FN4O3. The highest BCUT2D eigenvalue weighted by Gasteiger charge is 2.16. The van der Waals surface area contributed by atoms with Crippen molar-refractivity contribution in [1.82, 2.24) is 20.5 Å². The van der Waals surface area contributed by atoms with Gasteiger partial charge in [0.1, 0.15) is 11.6 Å². The SMILES string of the molecule is O=C(NCCc1n[nH]c(Cc2cccc(F)c2)n1)c1ccc2c(c1)OCO2. The second-order valence-electron chi connectivity index (χ2n) is 6.08. The normalized spacial score (nSPS) is 12.2. The minimum atomic E-state index is -0.279. The van der Waals surface area contributed by atoms with Crippen molar-refractivity contribution < 1.29 is 18.7 Å². The fraction of sp³-hybridized carbons (Fsp3) is 0.211. The Labute approximate surface area is 154 Å². The molecule has 2 aromatic carbocycles. The van der Waals surface area contributed by atoms with Crippen molar-refractivity contribution in [1.29, 1.82) is 0 Å². The standard InChI is InChI=1S/C19H17FN4O3/c20-14-3-1-2-12(8-14)9-18-22-17(23-24-18)6-7-21-19(25)13-4-5-15-16(10-13)27-11-26-15/h1-5,8,10H,6-7,9,11H2,(H,21,25)(H,22,23,24). The summed E-state index contributed by atoms with van der Waals surface area (Å²) in [6.07, 6.45) is 0.949. The molecule has 8 heteroatoms. The summed E-state index contributed by atoms with van der Waals surface area (Å²) in [6.45, 7) is 0.563. The Balaban J connectivity index is 1.29. The molecule has 1 aliphatic heterocycles. The Morgan fingerprint density at radius 1 is 1.19 bits per heavy atom. The molecule has 1 amide bonds. The van der Waals surface area contributed by atoms with Crippen molar-refractivity contribution >= 4 is 5.91 Å². The van der Waals surface area contributed by atoms with Crippen LogP contribution in [0.15, 0.2) is 42.5 Å².